The molecule has 1 N–H and O–H groups in total. The molecular formula is C24H31BrN4O3. The Morgan fingerprint density at radius 2 is 1.91 bits per heavy atom. The lowest BCUT2D eigenvalue weighted by Crippen LogP contribution is -2.50. The van der Waals surface area contributed by atoms with E-state index in [0.717, 1.165) is 53.5 Å². The smallest absolute Gasteiger partial charge is 0.410 e. The van der Waals surface area contributed by atoms with Gasteiger partial charge in [-0.2, -0.15) is 0 Å². The third kappa shape index (κ3) is 5.59. The first-order valence-corrected chi connectivity index (χ1v) is 12.1. The highest BCUT2D eigenvalue weighted by Crippen LogP contribution is 2.37. The third-order valence-electron chi connectivity index (χ3n) is 5.80. The molecule has 1 amide bonds. The van der Waals surface area contributed by atoms with Gasteiger partial charge in [0.05, 0.1) is 16.8 Å². The summed E-state index contributed by atoms with van der Waals surface area (Å²) in [4.78, 5) is 33.8. The average molecular weight is 503 g/mol. The van der Waals surface area contributed by atoms with E-state index in [0.29, 0.717) is 25.2 Å². The van der Waals surface area contributed by atoms with Gasteiger partial charge in [-0.05, 0) is 51.8 Å². The molecule has 0 unspecified atom stereocenters. The lowest BCUT2D eigenvalue weighted by Gasteiger charge is -2.35. The number of ketones is 1. The molecule has 1 aliphatic heterocycles. The van der Waals surface area contributed by atoms with Crippen molar-refractivity contribution in [3.8, 4) is 0 Å². The van der Waals surface area contributed by atoms with Gasteiger partial charge in [-0.25, -0.2) is 4.79 Å². The second kappa shape index (κ2) is 9.35. The Morgan fingerprint density at radius 3 is 2.56 bits per heavy atom. The molecule has 2 fully saturated rings. The van der Waals surface area contributed by atoms with Crippen molar-refractivity contribution in [1.29, 1.82) is 0 Å². The van der Waals surface area contributed by atoms with E-state index in [-0.39, 0.29) is 17.8 Å². The summed E-state index contributed by atoms with van der Waals surface area (Å²) < 4.78 is 6.44. The Bertz CT molecular complexity index is 1010. The van der Waals surface area contributed by atoms with Crippen LogP contribution in [-0.2, 0) is 4.74 Å². The molecule has 0 bridgehead atoms. The first-order chi connectivity index (χ1) is 15.2. The summed E-state index contributed by atoms with van der Waals surface area (Å²) in [5.74, 6) is 0.329. The van der Waals surface area contributed by atoms with Gasteiger partial charge in [0.25, 0.3) is 0 Å². The maximum atomic E-state index is 12.9. The van der Waals surface area contributed by atoms with E-state index < -0.39 is 5.60 Å². The Hall–Kier alpha value is -2.19. The number of hydrogen-bond donors (Lipinski definition) is 1. The van der Waals surface area contributed by atoms with Crippen molar-refractivity contribution < 1.29 is 14.3 Å². The Balaban J connectivity index is 1.38. The zero-order valence-electron chi connectivity index (χ0n) is 19.0. The average Bonchev–Trinajstić information content (AvgIpc) is 3.58. The number of piperazine rings is 1. The number of carbonyl (C=O) groups excluding carboxylic acids is 2. The molecule has 32 heavy (non-hydrogen) atoms. The fourth-order valence-corrected chi connectivity index (χ4v) is 4.29. The normalized spacial score (nSPS) is 17.4. The Labute approximate surface area is 197 Å². The summed E-state index contributed by atoms with van der Waals surface area (Å²) in [5.41, 5.74) is 1.96. The van der Waals surface area contributed by atoms with Crippen LogP contribution in [0.15, 0.2) is 28.9 Å². The summed E-state index contributed by atoms with van der Waals surface area (Å²) >= 11 is 3.54. The highest BCUT2D eigenvalue weighted by atomic mass is 79.9. The SMILES string of the molecule is CC(C)(C)OC(=O)N1CCN(CCNc2c(C(=O)C3CC3)cnc3ccc(Br)cc23)CC1. The number of hydrogen-bond acceptors (Lipinski definition) is 6. The molecule has 4 rings (SSSR count). The van der Waals surface area contributed by atoms with Crippen LogP contribution in [0.2, 0.25) is 0 Å². The summed E-state index contributed by atoms with van der Waals surface area (Å²) in [6.45, 7) is 10.1. The second-order valence-electron chi connectivity index (χ2n) is 9.58. The van der Waals surface area contributed by atoms with Crippen LogP contribution in [0.25, 0.3) is 10.9 Å². The molecule has 0 radical (unpaired) electrons. The first kappa shape index (κ1) is 23.0. The monoisotopic (exact) mass is 502 g/mol. The van der Waals surface area contributed by atoms with E-state index in [1.54, 1.807) is 11.1 Å². The number of nitrogens with zero attached hydrogens (tertiary/aromatic N) is 3. The summed E-state index contributed by atoms with van der Waals surface area (Å²) in [6.07, 6.45) is 3.42. The molecule has 7 nitrogen and oxygen atoms in total. The Kier molecular flexibility index (Phi) is 6.72. The third-order valence-corrected chi connectivity index (χ3v) is 6.29. The number of amides is 1. The number of rotatable bonds is 6. The van der Waals surface area contributed by atoms with Crippen molar-refractivity contribution in [2.75, 3.05) is 44.6 Å². The van der Waals surface area contributed by atoms with Gasteiger partial charge < -0.3 is 15.0 Å². The predicted octanol–water partition coefficient (Wildman–Crippen LogP) is 4.55. The van der Waals surface area contributed by atoms with Crippen LogP contribution in [-0.4, -0.2) is 71.5 Å². The first-order valence-electron chi connectivity index (χ1n) is 11.3. The van der Waals surface area contributed by atoms with Gasteiger partial charge >= 0.3 is 6.09 Å². The van der Waals surface area contributed by atoms with E-state index in [1.807, 2.05) is 39.0 Å². The number of ether oxygens (including phenoxy) is 1. The van der Waals surface area contributed by atoms with Crippen molar-refractivity contribution in [1.82, 2.24) is 14.8 Å². The van der Waals surface area contributed by atoms with Crippen LogP contribution >= 0.6 is 15.9 Å². The van der Waals surface area contributed by atoms with Gasteiger partial charge in [0.15, 0.2) is 5.78 Å². The van der Waals surface area contributed by atoms with E-state index in [9.17, 15) is 9.59 Å². The fourth-order valence-electron chi connectivity index (χ4n) is 3.93. The minimum absolute atomic E-state index is 0.142. The van der Waals surface area contributed by atoms with Crippen LogP contribution in [0.3, 0.4) is 0 Å². The maximum Gasteiger partial charge on any atom is 0.410 e. The molecule has 0 atom stereocenters. The molecule has 1 aromatic heterocycles. The molecule has 0 spiro atoms. The van der Waals surface area contributed by atoms with Gasteiger partial charge in [0.2, 0.25) is 0 Å². The maximum absolute atomic E-state index is 12.9. The van der Waals surface area contributed by atoms with E-state index in [1.165, 1.54) is 0 Å². The number of Topliss-reactive ketones (excluding diaryl/α,β-unsaturated/α-hetero) is 1. The van der Waals surface area contributed by atoms with Crippen molar-refractivity contribution in [3.05, 3.63) is 34.4 Å². The number of anilines is 1. The van der Waals surface area contributed by atoms with Crippen molar-refractivity contribution in [2.45, 2.75) is 39.2 Å². The highest BCUT2D eigenvalue weighted by molar-refractivity contribution is 9.10. The molecule has 1 aliphatic carbocycles. The highest BCUT2D eigenvalue weighted by Gasteiger charge is 2.32. The zero-order chi connectivity index (χ0) is 22.9. The lowest BCUT2D eigenvalue weighted by molar-refractivity contribution is 0.0148. The quantitative estimate of drug-likeness (QED) is 0.583. The molecule has 2 heterocycles. The summed E-state index contributed by atoms with van der Waals surface area (Å²) in [7, 11) is 0. The van der Waals surface area contributed by atoms with Crippen molar-refractivity contribution >= 4 is 44.4 Å². The largest absolute Gasteiger partial charge is 0.444 e. The van der Waals surface area contributed by atoms with Crippen LogP contribution in [0, 0.1) is 5.92 Å². The van der Waals surface area contributed by atoms with E-state index in [2.05, 4.69) is 31.1 Å². The number of benzene rings is 1. The number of fused-ring (bicyclic) bond motifs is 1. The molecular weight excluding hydrogens is 472 g/mol. The van der Waals surface area contributed by atoms with Gasteiger partial charge in [0.1, 0.15) is 5.60 Å². The molecule has 2 aromatic rings. The second-order valence-corrected chi connectivity index (χ2v) is 10.5. The minimum Gasteiger partial charge on any atom is -0.444 e. The predicted molar refractivity (Wildman–Crippen MR) is 129 cm³/mol. The van der Waals surface area contributed by atoms with Gasteiger partial charge in [-0.15, -0.1) is 0 Å². The summed E-state index contributed by atoms with van der Waals surface area (Å²) in [5, 5.41) is 4.49. The topological polar surface area (TPSA) is 74.8 Å². The van der Waals surface area contributed by atoms with Crippen LogP contribution < -0.4 is 5.32 Å². The molecule has 1 saturated carbocycles. The van der Waals surface area contributed by atoms with Crippen LogP contribution in [0.5, 0.6) is 0 Å². The van der Waals surface area contributed by atoms with Crippen LogP contribution in [0.1, 0.15) is 44.0 Å². The number of nitrogens with one attached hydrogen (secondary N) is 1. The Morgan fingerprint density at radius 1 is 1.19 bits per heavy atom. The molecule has 2 aliphatic rings. The van der Waals surface area contributed by atoms with E-state index >= 15 is 0 Å². The standard InChI is InChI=1S/C24H31BrN4O3/c1-24(2,3)32-23(31)29-12-10-28(11-13-29)9-8-26-21-18-14-17(25)6-7-20(18)27-15-19(21)22(30)16-4-5-16/h6-7,14-16H,4-5,8-13H2,1-3H3,(H,26,27). The number of aromatic nitrogens is 1. The molecule has 1 aromatic carbocycles. The molecule has 1 saturated heterocycles. The zero-order valence-corrected chi connectivity index (χ0v) is 20.6. The number of carbonyl (C=O) groups is 2. The van der Waals surface area contributed by atoms with Gasteiger partial charge in [0, 0.05) is 61.2 Å². The minimum atomic E-state index is -0.476. The van der Waals surface area contributed by atoms with Gasteiger partial charge in [-0.1, -0.05) is 15.9 Å². The summed E-state index contributed by atoms with van der Waals surface area (Å²) in [6, 6.07) is 5.95. The van der Waals surface area contributed by atoms with Gasteiger partial charge in [-0.3, -0.25) is 14.7 Å². The lowest BCUT2D eigenvalue weighted by atomic mass is 10.0. The van der Waals surface area contributed by atoms with Crippen molar-refractivity contribution in [3.63, 3.8) is 0 Å². The fraction of sp³-hybridized carbons (Fsp3) is 0.542. The van der Waals surface area contributed by atoms with Crippen molar-refractivity contribution in [2.24, 2.45) is 5.92 Å². The number of halogens is 1. The molecule has 8 heteroatoms. The molecule has 172 valence electrons. The van der Waals surface area contributed by atoms with Crippen LogP contribution in [0.4, 0.5) is 10.5 Å². The van der Waals surface area contributed by atoms with E-state index in [4.69, 9.17) is 4.74 Å². The number of pyridine rings is 1.